The molecule has 9 nitrogen and oxygen atoms in total. The topological polar surface area (TPSA) is 102 Å². The Morgan fingerprint density at radius 1 is 1.18 bits per heavy atom. The zero-order valence-corrected chi connectivity index (χ0v) is 16.2. The van der Waals surface area contributed by atoms with Gasteiger partial charge in [-0.05, 0) is 51.8 Å². The fourth-order valence-corrected chi connectivity index (χ4v) is 3.51. The number of hydrogen-bond donors (Lipinski definition) is 1. The molecule has 4 rings (SSSR count). The quantitative estimate of drug-likeness (QED) is 0.740. The smallest absolute Gasteiger partial charge is 0.230 e. The van der Waals surface area contributed by atoms with Crippen molar-refractivity contribution in [2.45, 2.75) is 33.6 Å². The van der Waals surface area contributed by atoms with E-state index in [1.807, 2.05) is 32.0 Å². The molecule has 1 aliphatic heterocycles. The van der Waals surface area contributed by atoms with Crippen LogP contribution in [0.5, 0.6) is 0 Å². The molecule has 0 radical (unpaired) electrons. The molecule has 1 atom stereocenters. The number of anilines is 2. The molecule has 1 amide bonds. The predicted molar refractivity (Wildman–Crippen MR) is 103 cm³/mol. The minimum Gasteiger partial charge on any atom is -0.360 e. The molecule has 1 N–H and O–H groups in total. The monoisotopic (exact) mass is 381 g/mol. The Labute approximate surface area is 162 Å². The normalized spacial score (nSPS) is 17.0. The van der Waals surface area contributed by atoms with Crippen molar-refractivity contribution in [1.29, 1.82) is 0 Å². The lowest BCUT2D eigenvalue weighted by atomic mass is 9.97. The lowest BCUT2D eigenvalue weighted by molar-refractivity contribution is -0.120. The minimum absolute atomic E-state index is 0.0507. The van der Waals surface area contributed by atoms with Crippen LogP contribution in [0.3, 0.4) is 0 Å². The van der Waals surface area contributed by atoms with Gasteiger partial charge in [-0.1, -0.05) is 5.16 Å². The van der Waals surface area contributed by atoms with Gasteiger partial charge in [-0.15, -0.1) is 10.2 Å². The third-order valence-electron chi connectivity index (χ3n) is 4.86. The van der Waals surface area contributed by atoms with Gasteiger partial charge < -0.3 is 14.7 Å². The number of piperidine rings is 1. The average Bonchev–Trinajstić information content (AvgIpc) is 3.26. The van der Waals surface area contributed by atoms with Gasteiger partial charge in [0.1, 0.15) is 5.76 Å². The highest BCUT2D eigenvalue weighted by Crippen LogP contribution is 2.23. The summed E-state index contributed by atoms with van der Waals surface area (Å²) in [5.74, 6) is 2.38. The summed E-state index contributed by atoms with van der Waals surface area (Å²) in [6.45, 7) is 7.17. The van der Waals surface area contributed by atoms with Crippen LogP contribution in [-0.4, -0.2) is 44.1 Å². The molecule has 0 aromatic carbocycles. The van der Waals surface area contributed by atoms with E-state index in [-0.39, 0.29) is 11.8 Å². The first kappa shape index (κ1) is 18.1. The molecule has 3 aromatic rings. The maximum absolute atomic E-state index is 12.6. The van der Waals surface area contributed by atoms with Crippen LogP contribution >= 0.6 is 0 Å². The summed E-state index contributed by atoms with van der Waals surface area (Å²) in [5, 5.41) is 19.8. The molecule has 146 valence electrons. The van der Waals surface area contributed by atoms with E-state index in [1.165, 1.54) is 0 Å². The number of carbonyl (C=O) groups excluding carboxylic acids is 1. The van der Waals surface area contributed by atoms with E-state index in [2.05, 4.69) is 30.7 Å². The Morgan fingerprint density at radius 2 is 1.96 bits per heavy atom. The first-order valence-corrected chi connectivity index (χ1v) is 9.36. The molecule has 0 bridgehead atoms. The van der Waals surface area contributed by atoms with Crippen LogP contribution in [0.1, 0.15) is 30.0 Å². The number of carbonyl (C=O) groups is 1. The van der Waals surface area contributed by atoms with Crippen LogP contribution in [-0.2, 0) is 4.79 Å². The summed E-state index contributed by atoms with van der Waals surface area (Å²) in [6.07, 6.45) is 1.74. The maximum Gasteiger partial charge on any atom is 0.230 e. The predicted octanol–water partition coefficient (Wildman–Crippen LogP) is 2.43. The van der Waals surface area contributed by atoms with Gasteiger partial charge in [0.2, 0.25) is 5.91 Å². The lowest BCUT2D eigenvalue weighted by Crippen LogP contribution is -2.41. The van der Waals surface area contributed by atoms with Crippen molar-refractivity contribution in [2.24, 2.45) is 5.92 Å². The summed E-state index contributed by atoms with van der Waals surface area (Å²) < 4.78 is 6.78. The van der Waals surface area contributed by atoms with E-state index in [4.69, 9.17) is 4.52 Å². The Kier molecular flexibility index (Phi) is 4.81. The zero-order valence-electron chi connectivity index (χ0n) is 16.2. The minimum atomic E-state index is -0.136. The molecule has 1 unspecified atom stereocenters. The standard InChI is InChI=1S/C19H23N7O2/c1-12-9-13(2)26(23-12)18-7-6-17(21-22-18)25-8-4-5-15(11-25)19(27)20-16-10-14(3)28-24-16/h6-7,9-10,15H,4-5,8,11H2,1-3H3,(H,20,24,27). The molecule has 28 heavy (non-hydrogen) atoms. The van der Waals surface area contributed by atoms with Crippen molar-refractivity contribution in [1.82, 2.24) is 25.1 Å². The summed E-state index contributed by atoms with van der Waals surface area (Å²) in [4.78, 5) is 14.7. The fraction of sp³-hybridized carbons (Fsp3) is 0.421. The number of amides is 1. The molecule has 1 saturated heterocycles. The van der Waals surface area contributed by atoms with Crippen LogP contribution in [0.25, 0.3) is 5.82 Å². The van der Waals surface area contributed by atoms with Crippen LogP contribution in [0.15, 0.2) is 28.8 Å². The number of nitrogens with one attached hydrogen (secondary N) is 1. The number of aromatic nitrogens is 5. The lowest BCUT2D eigenvalue weighted by Gasteiger charge is -2.32. The highest BCUT2D eigenvalue weighted by Gasteiger charge is 2.27. The Balaban J connectivity index is 1.44. The SMILES string of the molecule is Cc1cc(C)n(-c2ccc(N3CCCC(C(=O)Nc4cc(C)on4)C3)nn2)n1. The van der Waals surface area contributed by atoms with E-state index < -0.39 is 0 Å². The number of aryl methyl sites for hydroxylation is 3. The summed E-state index contributed by atoms with van der Waals surface area (Å²) in [5.41, 5.74) is 1.95. The third kappa shape index (κ3) is 3.73. The van der Waals surface area contributed by atoms with Crippen LogP contribution in [0, 0.1) is 26.7 Å². The van der Waals surface area contributed by atoms with Crippen molar-refractivity contribution in [3.63, 3.8) is 0 Å². The van der Waals surface area contributed by atoms with Crippen molar-refractivity contribution in [3.8, 4) is 5.82 Å². The Morgan fingerprint density at radius 3 is 2.61 bits per heavy atom. The van der Waals surface area contributed by atoms with Gasteiger partial charge in [0.05, 0.1) is 11.6 Å². The molecule has 1 aliphatic rings. The van der Waals surface area contributed by atoms with Crippen molar-refractivity contribution < 1.29 is 9.32 Å². The molecule has 9 heteroatoms. The van der Waals surface area contributed by atoms with Crippen LogP contribution in [0.2, 0.25) is 0 Å². The Bertz CT molecular complexity index is 977. The van der Waals surface area contributed by atoms with Gasteiger partial charge in [0.15, 0.2) is 17.5 Å². The molecule has 0 spiro atoms. The molecular formula is C19H23N7O2. The van der Waals surface area contributed by atoms with Gasteiger partial charge in [0.25, 0.3) is 0 Å². The largest absolute Gasteiger partial charge is 0.360 e. The third-order valence-corrected chi connectivity index (χ3v) is 4.86. The molecule has 0 saturated carbocycles. The van der Waals surface area contributed by atoms with E-state index in [1.54, 1.807) is 17.7 Å². The van der Waals surface area contributed by atoms with E-state index in [9.17, 15) is 4.79 Å². The van der Waals surface area contributed by atoms with Gasteiger partial charge in [0, 0.05) is 24.8 Å². The van der Waals surface area contributed by atoms with Crippen LogP contribution < -0.4 is 10.2 Å². The second kappa shape index (κ2) is 7.41. The molecule has 4 heterocycles. The number of nitrogens with zero attached hydrogens (tertiary/aromatic N) is 6. The highest BCUT2D eigenvalue weighted by atomic mass is 16.5. The van der Waals surface area contributed by atoms with E-state index in [0.717, 1.165) is 36.6 Å². The second-order valence-corrected chi connectivity index (χ2v) is 7.19. The van der Waals surface area contributed by atoms with Crippen LogP contribution in [0.4, 0.5) is 11.6 Å². The van der Waals surface area contributed by atoms with Gasteiger partial charge in [-0.2, -0.15) is 5.10 Å². The Hall–Kier alpha value is -3.23. The summed E-state index contributed by atoms with van der Waals surface area (Å²) in [7, 11) is 0. The van der Waals surface area contributed by atoms with Gasteiger partial charge in [-0.25, -0.2) is 4.68 Å². The zero-order chi connectivity index (χ0) is 19.7. The fourth-order valence-electron chi connectivity index (χ4n) is 3.51. The second-order valence-electron chi connectivity index (χ2n) is 7.19. The first-order chi connectivity index (χ1) is 13.5. The average molecular weight is 381 g/mol. The van der Waals surface area contributed by atoms with Gasteiger partial charge in [-0.3, -0.25) is 4.79 Å². The molecule has 3 aromatic heterocycles. The summed E-state index contributed by atoms with van der Waals surface area (Å²) >= 11 is 0. The van der Waals surface area contributed by atoms with E-state index >= 15 is 0 Å². The molecular weight excluding hydrogens is 358 g/mol. The van der Waals surface area contributed by atoms with Crippen molar-refractivity contribution in [3.05, 3.63) is 41.4 Å². The van der Waals surface area contributed by atoms with E-state index in [0.29, 0.717) is 23.9 Å². The van der Waals surface area contributed by atoms with Crippen molar-refractivity contribution in [2.75, 3.05) is 23.3 Å². The maximum atomic E-state index is 12.6. The summed E-state index contributed by atoms with van der Waals surface area (Å²) in [6, 6.07) is 7.55. The van der Waals surface area contributed by atoms with Gasteiger partial charge >= 0.3 is 0 Å². The molecule has 1 fully saturated rings. The first-order valence-electron chi connectivity index (χ1n) is 9.36. The van der Waals surface area contributed by atoms with Crippen molar-refractivity contribution >= 4 is 17.5 Å². The number of hydrogen-bond acceptors (Lipinski definition) is 7. The highest BCUT2D eigenvalue weighted by molar-refractivity contribution is 5.92. The molecule has 0 aliphatic carbocycles. The number of rotatable bonds is 4.